The van der Waals surface area contributed by atoms with Crippen molar-refractivity contribution in [3.8, 4) is 5.75 Å². The van der Waals surface area contributed by atoms with Crippen molar-refractivity contribution in [2.45, 2.75) is 18.9 Å². The van der Waals surface area contributed by atoms with Crippen LogP contribution in [0.1, 0.15) is 24.7 Å². The molecule has 1 atom stereocenters. The number of fused-ring (bicyclic) bond motifs is 1. The quantitative estimate of drug-likeness (QED) is 0.770. The minimum atomic E-state index is -0.0390. The van der Waals surface area contributed by atoms with Gasteiger partial charge in [-0.2, -0.15) is 0 Å². The van der Waals surface area contributed by atoms with E-state index in [1.165, 1.54) is 0 Å². The fourth-order valence-corrected chi connectivity index (χ4v) is 3.44. The zero-order valence-corrected chi connectivity index (χ0v) is 14.4. The van der Waals surface area contributed by atoms with Crippen molar-refractivity contribution in [1.82, 2.24) is 14.9 Å². The van der Waals surface area contributed by atoms with Gasteiger partial charge in [0.1, 0.15) is 11.6 Å². The van der Waals surface area contributed by atoms with E-state index in [4.69, 9.17) is 16.3 Å². The first-order chi connectivity index (χ1) is 12.2. The van der Waals surface area contributed by atoms with Gasteiger partial charge >= 0.3 is 0 Å². The minimum absolute atomic E-state index is 0.00291. The highest BCUT2D eigenvalue weighted by molar-refractivity contribution is 6.30. The summed E-state index contributed by atoms with van der Waals surface area (Å²) in [5, 5.41) is 0.589. The van der Waals surface area contributed by atoms with Gasteiger partial charge in [0, 0.05) is 11.6 Å². The van der Waals surface area contributed by atoms with Gasteiger partial charge in [-0.15, -0.1) is 0 Å². The molecule has 1 aliphatic rings. The van der Waals surface area contributed by atoms with Crippen molar-refractivity contribution in [3.05, 3.63) is 59.4 Å². The fraction of sp³-hybridized carbons (Fsp3) is 0.263. The van der Waals surface area contributed by atoms with Crippen LogP contribution in [0.3, 0.4) is 0 Å². The molecule has 25 heavy (non-hydrogen) atoms. The predicted molar refractivity (Wildman–Crippen MR) is 96.7 cm³/mol. The van der Waals surface area contributed by atoms with E-state index in [-0.39, 0.29) is 18.6 Å². The zero-order chi connectivity index (χ0) is 17.2. The van der Waals surface area contributed by atoms with Crippen LogP contribution in [0.5, 0.6) is 5.75 Å². The third kappa shape index (κ3) is 3.33. The number of likely N-dealkylation sites (tertiary alicyclic amines) is 1. The molecule has 0 saturated carbocycles. The number of hydrogen-bond acceptors (Lipinski definition) is 3. The molecule has 1 aliphatic heterocycles. The van der Waals surface area contributed by atoms with Crippen LogP contribution in [0, 0.1) is 0 Å². The van der Waals surface area contributed by atoms with E-state index < -0.39 is 0 Å². The van der Waals surface area contributed by atoms with Gasteiger partial charge in [-0.3, -0.25) is 4.79 Å². The molecule has 1 fully saturated rings. The molecule has 5 nitrogen and oxygen atoms in total. The summed E-state index contributed by atoms with van der Waals surface area (Å²) < 4.78 is 5.60. The van der Waals surface area contributed by atoms with E-state index in [9.17, 15) is 4.79 Å². The molecule has 2 aromatic carbocycles. The van der Waals surface area contributed by atoms with Crippen LogP contribution < -0.4 is 4.74 Å². The lowest BCUT2D eigenvalue weighted by atomic mass is 10.2. The van der Waals surface area contributed by atoms with Crippen LogP contribution in [0.15, 0.2) is 48.5 Å². The number of aromatic nitrogens is 2. The molecule has 1 amide bonds. The maximum absolute atomic E-state index is 12.6. The van der Waals surface area contributed by atoms with E-state index >= 15 is 0 Å². The molecule has 0 unspecified atom stereocenters. The summed E-state index contributed by atoms with van der Waals surface area (Å²) in [6.07, 6.45) is 1.87. The van der Waals surface area contributed by atoms with Crippen molar-refractivity contribution in [3.63, 3.8) is 0 Å². The lowest BCUT2D eigenvalue weighted by Gasteiger charge is -2.23. The molecule has 2 heterocycles. The Morgan fingerprint density at radius 1 is 1.28 bits per heavy atom. The van der Waals surface area contributed by atoms with Crippen molar-refractivity contribution in [2.75, 3.05) is 13.2 Å². The largest absolute Gasteiger partial charge is 0.484 e. The molecule has 0 radical (unpaired) electrons. The first-order valence-electron chi connectivity index (χ1n) is 8.33. The van der Waals surface area contributed by atoms with Crippen LogP contribution in [0.2, 0.25) is 5.02 Å². The molecule has 1 aromatic heterocycles. The molecule has 3 aromatic rings. The van der Waals surface area contributed by atoms with Gasteiger partial charge in [-0.1, -0.05) is 29.8 Å². The van der Waals surface area contributed by atoms with E-state index in [2.05, 4.69) is 9.97 Å². The normalized spacial score (nSPS) is 17.2. The van der Waals surface area contributed by atoms with E-state index in [1.807, 2.05) is 29.2 Å². The lowest BCUT2D eigenvalue weighted by Crippen LogP contribution is -2.34. The molecule has 6 heteroatoms. The Labute approximate surface area is 150 Å². The molecule has 1 N–H and O–H groups in total. The van der Waals surface area contributed by atoms with Gasteiger partial charge in [-0.05, 0) is 43.2 Å². The summed E-state index contributed by atoms with van der Waals surface area (Å²) in [7, 11) is 0. The highest BCUT2D eigenvalue weighted by atomic mass is 35.5. The predicted octanol–water partition coefficient (Wildman–Crippen LogP) is 3.96. The van der Waals surface area contributed by atoms with Crippen LogP contribution >= 0.6 is 11.6 Å². The maximum Gasteiger partial charge on any atom is 0.261 e. The van der Waals surface area contributed by atoms with Crippen LogP contribution in [0.4, 0.5) is 0 Å². The van der Waals surface area contributed by atoms with Gasteiger partial charge < -0.3 is 14.6 Å². The number of H-pyrrole nitrogens is 1. The van der Waals surface area contributed by atoms with Crippen molar-refractivity contribution in [1.29, 1.82) is 0 Å². The van der Waals surface area contributed by atoms with E-state index in [0.29, 0.717) is 10.8 Å². The summed E-state index contributed by atoms with van der Waals surface area (Å²) in [4.78, 5) is 22.5. The molecule has 1 saturated heterocycles. The number of benzene rings is 2. The number of ether oxygens (including phenoxy) is 1. The number of rotatable bonds is 4. The average Bonchev–Trinajstić information content (AvgIpc) is 3.26. The van der Waals surface area contributed by atoms with Crippen molar-refractivity contribution >= 4 is 28.5 Å². The van der Waals surface area contributed by atoms with E-state index in [1.54, 1.807) is 24.3 Å². The molecular formula is C19H18ClN3O2. The standard InChI is InChI=1S/C19H18ClN3O2/c20-13-5-3-6-14(11-13)25-12-18(24)23-10-4-9-17(23)19-21-15-7-1-2-8-16(15)22-19/h1-3,5-8,11,17H,4,9-10,12H2,(H,21,22)/t17-/m0/s1. The van der Waals surface area contributed by atoms with Crippen LogP contribution in [-0.2, 0) is 4.79 Å². The number of aromatic amines is 1. The third-order valence-corrected chi connectivity index (χ3v) is 4.69. The minimum Gasteiger partial charge on any atom is -0.484 e. The number of nitrogens with zero attached hydrogens (tertiary/aromatic N) is 2. The highest BCUT2D eigenvalue weighted by Gasteiger charge is 2.32. The van der Waals surface area contributed by atoms with Gasteiger partial charge in [0.15, 0.2) is 6.61 Å². The smallest absolute Gasteiger partial charge is 0.261 e. The third-order valence-electron chi connectivity index (χ3n) is 4.45. The van der Waals surface area contributed by atoms with Crippen LogP contribution in [-0.4, -0.2) is 33.9 Å². The number of imidazole rings is 1. The Hall–Kier alpha value is -2.53. The Morgan fingerprint density at radius 3 is 3.00 bits per heavy atom. The molecule has 0 spiro atoms. The fourth-order valence-electron chi connectivity index (χ4n) is 3.26. The summed E-state index contributed by atoms with van der Waals surface area (Å²) in [6, 6.07) is 14.9. The number of amides is 1. The molecule has 0 aliphatic carbocycles. The van der Waals surface area contributed by atoms with E-state index in [0.717, 1.165) is 36.2 Å². The Bertz CT molecular complexity index is 875. The van der Waals surface area contributed by atoms with Gasteiger partial charge in [-0.25, -0.2) is 4.98 Å². The average molecular weight is 356 g/mol. The summed E-state index contributed by atoms with van der Waals surface area (Å²) in [5.74, 6) is 1.40. The number of halogens is 1. The first-order valence-corrected chi connectivity index (χ1v) is 8.71. The number of carbonyl (C=O) groups is 1. The number of nitrogens with one attached hydrogen (secondary N) is 1. The number of hydrogen-bond donors (Lipinski definition) is 1. The number of para-hydroxylation sites is 2. The lowest BCUT2D eigenvalue weighted by molar-refractivity contribution is -0.134. The van der Waals surface area contributed by atoms with Gasteiger partial charge in [0.2, 0.25) is 0 Å². The second-order valence-corrected chi connectivity index (χ2v) is 6.57. The first kappa shape index (κ1) is 16.0. The van der Waals surface area contributed by atoms with Crippen molar-refractivity contribution < 1.29 is 9.53 Å². The highest BCUT2D eigenvalue weighted by Crippen LogP contribution is 2.31. The zero-order valence-electron chi connectivity index (χ0n) is 13.6. The Kier molecular flexibility index (Phi) is 4.32. The van der Waals surface area contributed by atoms with Crippen LogP contribution in [0.25, 0.3) is 11.0 Å². The number of carbonyl (C=O) groups excluding carboxylic acids is 1. The molecule has 0 bridgehead atoms. The Morgan fingerprint density at radius 2 is 2.16 bits per heavy atom. The molecule has 4 rings (SSSR count). The Balaban J connectivity index is 1.47. The maximum atomic E-state index is 12.6. The van der Waals surface area contributed by atoms with Gasteiger partial charge in [0.25, 0.3) is 5.91 Å². The molecular weight excluding hydrogens is 338 g/mol. The van der Waals surface area contributed by atoms with Gasteiger partial charge in [0.05, 0.1) is 17.1 Å². The topological polar surface area (TPSA) is 58.2 Å². The van der Waals surface area contributed by atoms with Crippen molar-refractivity contribution in [2.24, 2.45) is 0 Å². The molecule has 128 valence electrons. The summed E-state index contributed by atoms with van der Waals surface area (Å²) in [6.45, 7) is 0.719. The second-order valence-electron chi connectivity index (χ2n) is 6.13. The monoisotopic (exact) mass is 355 g/mol. The summed E-state index contributed by atoms with van der Waals surface area (Å²) in [5.41, 5.74) is 1.92. The SMILES string of the molecule is O=C(COc1cccc(Cl)c1)N1CCC[C@H]1c1nc2ccccc2[nH]1. The second kappa shape index (κ2) is 6.76. The summed E-state index contributed by atoms with van der Waals surface area (Å²) >= 11 is 5.94.